The van der Waals surface area contributed by atoms with Gasteiger partial charge in [0.05, 0.1) is 13.3 Å². The molecule has 1 aliphatic rings. The van der Waals surface area contributed by atoms with E-state index in [1.54, 1.807) is 26.8 Å². The van der Waals surface area contributed by atoms with Crippen molar-refractivity contribution in [2.75, 3.05) is 7.11 Å². The molecular weight excluding hydrogens is 574 g/mol. The van der Waals surface area contributed by atoms with Gasteiger partial charge in [0, 0.05) is 36.2 Å². The van der Waals surface area contributed by atoms with Gasteiger partial charge in [-0.3, -0.25) is 4.90 Å². The molecule has 0 spiro atoms. The fraction of sp³-hybridized carbons (Fsp3) is 0.514. The molecule has 1 fully saturated rings. The molecule has 6 nitrogen and oxygen atoms in total. The molecule has 1 aliphatic carbocycles. The SMILES string of the molecule is COc1cc(-c2ccc(COc3cccc([C@H](C4CC4)[C@@](C)(F)C(=O)OC(C)(C)C)c3)cc2CN(C(C)C)C(C)C)c(F)cn1. The summed E-state index contributed by atoms with van der Waals surface area (Å²) in [7, 11) is 1.51. The molecule has 0 saturated heterocycles. The number of aromatic nitrogens is 1. The number of hydrogen-bond acceptors (Lipinski definition) is 6. The minimum absolute atomic E-state index is 0.0648. The Morgan fingerprint density at radius 1 is 1.00 bits per heavy atom. The number of alkyl halides is 1. The third-order valence-corrected chi connectivity index (χ3v) is 8.28. The van der Waals surface area contributed by atoms with Crippen LogP contribution in [0.5, 0.6) is 11.6 Å². The summed E-state index contributed by atoms with van der Waals surface area (Å²) in [4.78, 5) is 19.3. The first kappa shape index (κ1) is 34.4. The van der Waals surface area contributed by atoms with Crippen LogP contribution in [0.1, 0.15) is 90.8 Å². The summed E-state index contributed by atoms with van der Waals surface area (Å²) in [5.41, 5.74) is 0.815. The lowest BCUT2D eigenvalue weighted by Crippen LogP contribution is -2.43. The quantitative estimate of drug-likeness (QED) is 0.178. The van der Waals surface area contributed by atoms with Crippen LogP contribution in [0.4, 0.5) is 8.78 Å². The number of esters is 1. The van der Waals surface area contributed by atoms with Crippen LogP contribution in [0.15, 0.2) is 54.7 Å². The Kier molecular flexibility index (Phi) is 10.6. The molecular formula is C37H48F2N2O4. The molecule has 2 aromatic carbocycles. The Morgan fingerprint density at radius 2 is 1.69 bits per heavy atom. The van der Waals surface area contributed by atoms with E-state index in [-0.39, 0.29) is 24.6 Å². The first-order chi connectivity index (χ1) is 21.1. The van der Waals surface area contributed by atoms with Gasteiger partial charge in [-0.2, -0.15) is 0 Å². The summed E-state index contributed by atoms with van der Waals surface area (Å²) < 4.78 is 48.2. The number of benzene rings is 2. The van der Waals surface area contributed by atoms with Gasteiger partial charge >= 0.3 is 5.97 Å². The Bertz CT molecular complexity index is 1470. The summed E-state index contributed by atoms with van der Waals surface area (Å²) in [6.45, 7) is 16.0. The lowest BCUT2D eigenvalue weighted by Gasteiger charge is -2.32. The number of halogens is 2. The molecule has 1 aromatic heterocycles. The Balaban J connectivity index is 1.62. The number of hydrogen-bond donors (Lipinski definition) is 0. The van der Waals surface area contributed by atoms with Crippen molar-refractivity contribution in [2.24, 2.45) is 5.92 Å². The van der Waals surface area contributed by atoms with Crippen molar-refractivity contribution in [1.82, 2.24) is 9.88 Å². The van der Waals surface area contributed by atoms with Crippen LogP contribution < -0.4 is 9.47 Å². The van der Waals surface area contributed by atoms with Gasteiger partial charge in [-0.15, -0.1) is 0 Å². The molecule has 0 radical (unpaired) electrons. The molecule has 4 rings (SSSR count). The second kappa shape index (κ2) is 13.9. The van der Waals surface area contributed by atoms with Crippen molar-refractivity contribution in [3.8, 4) is 22.8 Å². The number of carbonyl (C=O) groups excluding carboxylic acids is 1. The van der Waals surface area contributed by atoms with Crippen LogP contribution in [-0.2, 0) is 22.7 Å². The molecule has 0 bridgehead atoms. The monoisotopic (exact) mass is 622 g/mol. The molecule has 8 heteroatoms. The van der Waals surface area contributed by atoms with Crippen LogP contribution in [0, 0.1) is 11.7 Å². The normalized spacial score (nSPS) is 15.7. The molecule has 45 heavy (non-hydrogen) atoms. The second-order valence-corrected chi connectivity index (χ2v) is 13.8. The summed E-state index contributed by atoms with van der Waals surface area (Å²) in [6.07, 6.45) is 2.91. The van der Waals surface area contributed by atoms with Crippen LogP contribution >= 0.6 is 0 Å². The smallest absolute Gasteiger partial charge is 0.344 e. The second-order valence-electron chi connectivity index (χ2n) is 13.8. The van der Waals surface area contributed by atoms with Crippen LogP contribution in [0.3, 0.4) is 0 Å². The molecule has 0 N–H and O–H groups in total. The third kappa shape index (κ3) is 8.60. The zero-order valence-electron chi connectivity index (χ0n) is 28.1. The largest absolute Gasteiger partial charge is 0.489 e. The van der Waals surface area contributed by atoms with E-state index in [0.717, 1.165) is 29.5 Å². The molecule has 0 aliphatic heterocycles. The van der Waals surface area contributed by atoms with E-state index in [4.69, 9.17) is 14.2 Å². The number of ether oxygens (including phenoxy) is 3. The lowest BCUT2D eigenvalue weighted by molar-refractivity contribution is -0.170. The lowest BCUT2D eigenvalue weighted by atomic mass is 9.80. The van der Waals surface area contributed by atoms with Gasteiger partial charge in [0.2, 0.25) is 11.5 Å². The van der Waals surface area contributed by atoms with Gasteiger partial charge in [-0.05, 0) is 109 Å². The molecule has 2 atom stereocenters. The summed E-state index contributed by atoms with van der Waals surface area (Å²) >= 11 is 0. The highest BCUT2D eigenvalue weighted by atomic mass is 19.1. The zero-order chi connectivity index (χ0) is 33.1. The van der Waals surface area contributed by atoms with E-state index < -0.39 is 29.0 Å². The van der Waals surface area contributed by atoms with Gasteiger partial charge in [-0.1, -0.05) is 30.3 Å². The standard InChI is InChI=1S/C37H48F2N2O4/c1-23(2)41(24(3)4)21-28-17-25(13-16-30(28)31-19-33(43-9)40-20-32(31)38)22-44-29-12-10-11-27(18-29)34(26-14-15-26)37(8,39)35(42)45-36(5,6)7/h10-13,16-20,23-24,26,34H,14-15,21-22H2,1-9H3/t34-,37+/m0/s1. The number of carbonyl (C=O) groups is 1. The fourth-order valence-corrected chi connectivity index (χ4v) is 5.95. The minimum Gasteiger partial charge on any atom is -0.489 e. The predicted octanol–water partition coefficient (Wildman–Crippen LogP) is 8.66. The van der Waals surface area contributed by atoms with Gasteiger partial charge in [-0.25, -0.2) is 18.6 Å². The Labute approximate surface area is 267 Å². The molecule has 0 unspecified atom stereocenters. The topological polar surface area (TPSA) is 60.9 Å². The van der Waals surface area contributed by atoms with Gasteiger partial charge < -0.3 is 14.2 Å². The van der Waals surface area contributed by atoms with Gasteiger partial charge in [0.25, 0.3) is 0 Å². The predicted molar refractivity (Wildman–Crippen MR) is 174 cm³/mol. The molecule has 0 amide bonds. The molecule has 1 heterocycles. The highest BCUT2D eigenvalue weighted by Crippen LogP contribution is 2.50. The van der Waals surface area contributed by atoms with Crippen molar-refractivity contribution >= 4 is 5.97 Å². The van der Waals surface area contributed by atoms with Crippen molar-refractivity contribution < 1.29 is 27.8 Å². The van der Waals surface area contributed by atoms with Crippen molar-refractivity contribution in [1.29, 1.82) is 0 Å². The van der Waals surface area contributed by atoms with Crippen LogP contribution in [0.2, 0.25) is 0 Å². The summed E-state index contributed by atoms with van der Waals surface area (Å²) in [5.74, 6) is -0.905. The highest BCUT2D eigenvalue weighted by molar-refractivity contribution is 5.81. The Morgan fingerprint density at radius 3 is 2.29 bits per heavy atom. The molecule has 3 aromatic rings. The first-order valence-electron chi connectivity index (χ1n) is 15.8. The van der Waals surface area contributed by atoms with Crippen LogP contribution in [0.25, 0.3) is 11.1 Å². The van der Waals surface area contributed by atoms with Gasteiger partial charge in [0.15, 0.2) is 0 Å². The van der Waals surface area contributed by atoms with Crippen LogP contribution in [-0.4, -0.2) is 46.3 Å². The average molecular weight is 623 g/mol. The van der Waals surface area contributed by atoms with E-state index in [1.807, 2.05) is 36.4 Å². The number of nitrogens with zero attached hydrogens (tertiary/aromatic N) is 2. The van der Waals surface area contributed by atoms with E-state index in [1.165, 1.54) is 20.2 Å². The van der Waals surface area contributed by atoms with Gasteiger partial charge in [0.1, 0.15) is 23.8 Å². The van der Waals surface area contributed by atoms with E-state index in [0.29, 0.717) is 29.3 Å². The average Bonchev–Trinajstić information content (AvgIpc) is 3.79. The van der Waals surface area contributed by atoms with Crippen molar-refractivity contribution in [3.63, 3.8) is 0 Å². The molecule has 244 valence electrons. The maximum atomic E-state index is 16.2. The minimum atomic E-state index is -2.18. The maximum absolute atomic E-state index is 16.2. The summed E-state index contributed by atoms with van der Waals surface area (Å²) in [5, 5.41) is 0. The van der Waals surface area contributed by atoms with E-state index in [2.05, 4.69) is 43.6 Å². The molecule has 1 saturated carbocycles. The third-order valence-electron chi connectivity index (χ3n) is 8.28. The highest BCUT2D eigenvalue weighted by Gasteiger charge is 2.51. The van der Waals surface area contributed by atoms with E-state index >= 15 is 8.78 Å². The van der Waals surface area contributed by atoms with Crippen molar-refractivity contribution in [3.05, 3.63) is 77.2 Å². The number of pyridine rings is 1. The number of rotatable bonds is 13. The number of methoxy groups -OCH3 is 1. The zero-order valence-corrected chi connectivity index (χ0v) is 28.1. The summed E-state index contributed by atoms with van der Waals surface area (Å²) in [6, 6.07) is 15.4. The fourth-order valence-electron chi connectivity index (χ4n) is 5.95. The van der Waals surface area contributed by atoms with E-state index in [9.17, 15) is 4.79 Å². The maximum Gasteiger partial charge on any atom is 0.344 e. The van der Waals surface area contributed by atoms with Crippen molar-refractivity contribution in [2.45, 2.75) is 111 Å². The Hall–Kier alpha value is -3.52. The first-order valence-corrected chi connectivity index (χ1v) is 15.8.